The first kappa shape index (κ1) is 55.1. The Bertz CT molecular complexity index is 1660. The van der Waals surface area contributed by atoms with Gasteiger partial charge in [-0.25, -0.2) is 4.79 Å². The minimum Gasteiger partial charge on any atom is -0.493 e. The highest BCUT2D eigenvalue weighted by molar-refractivity contribution is 6.06. The molecule has 0 spiro atoms. The fourth-order valence-corrected chi connectivity index (χ4v) is 6.67. The van der Waals surface area contributed by atoms with Crippen LogP contribution in [-0.2, 0) is 22.4 Å². The first-order chi connectivity index (χ1) is 27.9. The number of urea groups is 1. The van der Waals surface area contributed by atoms with E-state index >= 15 is 0 Å². The normalized spacial score (nSPS) is 15.7. The molecule has 348 valence electrons. The fraction of sp³-hybridized carbons (Fsp3) is 0.706. The number of fused-ring (bicyclic) bond motifs is 1. The number of hydrogen-bond donors (Lipinski definition) is 1. The van der Waals surface area contributed by atoms with Crippen molar-refractivity contribution in [1.82, 2.24) is 15.1 Å². The van der Waals surface area contributed by atoms with Crippen molar-refractivity contribution in [2.75, 3.05) is 34.0 Å². The molecular formula is C51H87N3O7. The quantitative estimate of drug-likeness (QED) is 0.224. The SMILES string of the molecule is CC(C)(C)CN1C(=O)NC(C)(C)C1=O.CC(C)(C)Cc1ccc2c(c1)OCCO2.CCC(C)N(C(=O)CC(C)(C)C)C(C)CC.COc1ccc(CCC(C)(C)C)cc1OC. The highest BCUT2D eigenvalue weighted by atomic mass is 16.6. The lowest BCUT2D eigenvalue weighted by molar-refractivity contribution is -0.137. The number of benzene rings is 2. The molecule has 0 bridgehead atoms. The zero-order valence-corrected chi connectivity index (χ0v) is 42.2. The van der Waals surface area contributed by atoms with Crippen molar-refractivity contribution in [3.63, 3.8) is 0 Å². The van der Waals surface area contributed by atoms with Crippen LogP contribution in [0.5, 0.6) is 23.0 Å². The van der Waals surface area contributed by atoms with E-state index in [9.17, 15) is 14.4 Å². The van der Waals surface area contributed by atoms with Crippen molar-refractivity contribution in [3.05, 3.63) is 47.5 Å². The predicted octanol–water partition coefficient (Wildman–Crippen LogP) is 11.9. The zero-order chi connectivity index (χ0) is 47.1. The average molecular weight is 854 g/mol. The highest BCUT2D eigenvalue weighted by Crippen LogP contribution is 2.33. The van der Waals surface area contributed by atoms with E-state index in [1.54, 1.807) is 28.1 Å². The molecule has 4 rings (SSSR count). The molecule has 2 aliphatic heterocycles. The van der Waals surface area contributed by atoms with E-state index in [1.165, 1.54) is 22.4 Å². The van der Waals surface area contributed by atoms with Crippen LogP contribution in [0.2, 0.25) is 0 Å². The maximum atomic E-state index is 12.3. The van der Waals surface area contributed by atoms with Crippen molar-refractivity contribution in [2.45, 2.75) is 181 Å². The Kier molecular flexibility index (Phi) is 21.2. The van der Waals surface area contributed by atoms with Crippen LogP contribution in [0.3, 0.4) is 0 Å². The third-order valence-corrected chi connectivity index (χ3v) is 10.1. The summed E-state index contributed by atoms with van der Waals surface area (Å²) in [6.45, 7) is 39.6. The summed E-state index contributed by atoms with van der Waals surface area (Å²) in [4.78, 5) is 38.9. The molecular weight excluding hydrogens is 767 g/mol. The molecule has 2 heterocycles. The number of rotatable bonds is 11. The molecule has 0 radical (unpaired) electrons. The molecule has 2 aromatic rings. The van der Waals surface area contributed by atoms with Gasteiger partial charge in [0.25, 0.3) is 5.91 Å². The Morgan fingerprint density at radius 1 is 0.738 bits per heavy atom. The standard InChI is InChI=1S/C14H29NO.C14H22O2.C13H18O2.C10H18N2O2/c1-8-11(3)15(12(4)9-2)13(16)10-14(5,6)7;1-14(2,3)9-8-11-6-7-12(15-4)13(10-11)16-5;1-13(2,3)9-10-4-5-11-12(8-10)15-7-6-14-11;1-9(2,3)6-12-7(13)10(4,5)11-8(12)14/h11-12H,8-10H2,1-7H3;6-7,10H,8-9H2,1-5H3;4-5,8H,6-7,9H2,1-3H3;6H2,1-5H3,(H,11,14). The van der Waals surface area contributed by atoms with Gasteiger partial charge in [-0.05, 0) is 117 Å². The summed E-state index contributed by atoms with van der Waals surface area (Å²) in [5, 5.41) is 2.65. The number of hydrogen-bond acceptors (Lipinski definition) is 7. The summed E-state index contributed by atoms with van der Waals surface area (Å²) < 4.78 is 21.5. The Balaban J connectivity index is 0.000000407. The van der Waals surface area contributed by atoms with Crippen LogP contribution >= 0.6 is 0 Å². The lowest BCUT2D eigenvalue weighted by Gasteiger charge is -2.36. The smallest absolute Gasteiger partial charge is 0.325 e. The van der Waals surface area contributed by atoms with Gasteiger partial charge in [-0.3, -0.25) is 14.5 Å². The number of methoxy groups -OCH3 is 2. The molecule has 1 saturated heterocycles. The number of nitrogens with zero attached hydrogens (tertiary/aromatic N) is 2. The first-order valence-electron chi connectivity index (χ1n) is 22.4. The van der Waals surface area contributed by atoms with E-state index in [4.69, 9.17) is 18.9 Å². The molecule has 2 atom stereocenters. The molecule has 2 aromatic carbocycles. The Labute approximate surface area is 372 Å². The topological polar surface area (TPSA) is 107 Å². The van der Waals surface area contributed by atoms with Crippen molar-refractivity contribution < 1.29 is 33.3 Å². The van der Waals surface area contributed by atoms with Gasteiger partial charge in [-0.1, -0.05) is 109 Å². The molecule has 2 aliphatic rings. The maximum Gasteiger partial charge on any atom is 0.325 e. The molecule has 1 fully saturated rings. The molecule has 61 heavy (non-hydrogen) atoms. The van der Waals surface area contributed by atoms with E-state index in [0.717, 1.165) is 48.7 Å². The van der Waals surface area contributed by atoms with Crippen LogP contribution in [0.25, 0.3) is 0 Å². The highest BCUT2D eigenvalue weighted by Gasteiger charge is 2.45. The van der Waals surface area contributed by atoms with E-state index < -0.39 is 5.54 Å². The Morgan fingerprint density at radius 3 is 1.69 bits per heavy atom. The molecule has 0 aromatic heterocycles. The van der Waals surface area contributed by atoms with Gasteiger partial charge in [0.1, 0.15) is 18.8 Å². The van der Waals surface area contributed by atoms with Gasteiger partial charge in [-0.15, -0.1) is 0 Å². The summed E-state index contributed by atoms with van der Waals surface area (Å²) in [6, 6.07) is 12.8. The molecule has 0 aliphatic carbocycles. The van der Waals surface area contributed by atoms with Crippen molar-refractivity contribution >= 4 is 17.8 Å². The second-order valence-corrected chi connectivity index (χ2v) is 22.0. The van der Waals surface area contributed by atoms with Crippen LogP contribution in [0.4, 0.5) is 4.79 Å². The maximum absolute atomic E-state index is 12.3. The second kappa shape index (κ2) is 23.5. The molecule has 10 nitrogen and oxygen atoms in total. The van der Waals surface area contributed by atoms with Crippen LogP contribution in [0.15, 0.2) is 36.4 Å². The Hall–Kier alpha value is -3.95. The average Bonchev–Trinajstić information content (AvgIpc) is 3.32. The van der Waals surface area contributed by atoms with E-state index in [2.05, 4.69) is 124 Å². The number of aryl methyl sites for hydroxylation is 1. The molecule has 2 unspecified atom stereocenters. The van der Waals surface area contributed by atoms with Gasteiger partial charge in [0.15, 0.2) is 23.0 Å². The summed E-state index contributed by atoms with van der Waals surface area (Å²) in [6.07, 6.45) is 6.00. The monoisotopic (exact) mass is 854 g/mol. The van der Waals surface area contributed by atoms with E-state index in [1.807, 2.05) is 32.9 Å². The van der Waals surface area contributed by atoms with Gasteiger partial charge >= 0.3 is 6.03 Å². The van der Waals surface area contributed by atoms with Crippen LogP contribution in [0, 0.1) is 21.7 Å². The minimum atomic E-state index is -0.748. The predicted molar refractivity (Wildman–Crippen MR) is 252 cm³/mol. The number of carbonyl (C=O) groups is 3. The van der Waals surface area contributed by atoms with Crippen molar-refractivity contribution in [3.8, 4) is 23.0 Å². The second-order valence-electron chi connectivity index (χ2n) is 22.0. The number of carbonyl (C=O) groups excluding carboxylic acids is 3. The van der Waals surface area contributed by atoms with E-state index in [-0.39, 0.29) is 22.8 Å². The van der Waals surface area contributed by atoms with Crippen molar-refractivity contribution in [2.24, 2.45) is 21.7 Å². The van der Waals surface area contributed by atoms with Gasteiger partial charge in [0.05, 0.1) is 14.2 Å². The number of nitrogens with one attached hydrogen (secondary N) is 1. The molecule has 0 saturated carbocycles. The van der Waals surface area contributed by atoms with Gasteiger partial charge in [-0.2, -0.15) is 0 Å². The Morgan fingerprint density at radius 2 is 1.26 bits per heavy atom. The minimum absolute atomic E-state index is 0.0621. The van der Waals surface area contributed by atoms with Gasteiger partial charge in [0.2, 0.25) is 5.91 Å². The van der Waals surface area contributed by atoms with Gasteiger partial charge in [0, 0.05) is 25.0 Å². The summed E-state index contributed by atoms with van der Waals surface area (Å²) in [5.74, 6) is 3.53. The summed E-state index contributed by atoms with van der Waals surface area (Å²) >= 11 is 0. The number of ether oxygens (including phenoxy) is 4. The number of imide groups is 1. The molecule has 1 N–H and O–H groups in total. The molecule has 10 heteroatoms. The lowest BCUT2D eigenvalue weighted by Crippen LogP contribution is -2.45. The summed E-state index contributed by atoms with van der Waals surface area (Å²) in [5.41, 5.74) is 2.56. The lowest BCUT2D eigenvalue weighted by atomic mass is 9.88. The van der Waals surface area contributed by atoms with Crippen LogP contribution in [0.1, 0.15) is 161 Å². The van der Waals surface area contributed by atoms with Crippen LogP contribution < -0.4 is 24.3 Å². The summed E-state index contributed by atoms with van der Waals surface area (Å²) in [7, 11) is 3.33. The number of amides is 4. The zero-order valence-electron chi connectivity index (χ0n) is 42.2. The first-order valence-corrected chi connectivity index (χ1v) is 22.4. The van der Waals surface area contributed by atoms with Crippen molar-refractivity contribution in [1.29, 1.82) is 0 Å². The van der Waals surface area contributed by atoms with Gasteiger partial charge < -0.3 is 29.2 Å². The van der Waals surface area contributed by atoms with Crippen LogP contribution in [-0.4, -0.2) is 79.2 Å². The fourth-order valence-electron chi connectivity index (χ4n) is 6.67. The van der Waals surface area contributed by atoms with E-state index in [0.29, 0.717) is 55.0 Å². The third-order valence-electron chi connectivity index (χ3n) is 10.1. The third kappa shape index (κ3) is 20.6. The molecule has 4 amide bonds. The largest absolute Gasteiger partial charge is 0.493 e.